The lowest BCUT2D eigenvalue weighted by Crippen LogP contribution is -2.45. The molecule has 0 amide bonds. The molecule has 116 valence electrons. The lowest BCUT2D eigenvalue weighted by Gasteiger charge is -2.34. The standard InChI is InChI=1S/C19H24N2O/c1-2-20-10-12-21(13-11-20)15-18-14-17(8-9-19(18)22)16-6-4-3-5-7-16/h3-9,14,22H,2,10-13,15H2,1H3. The van der Waals surface area contributed by atoms with E-state index in [2.05, 4.69) is 34.9 Å². The van der Waals surface area contributed by atoms with E-state index in [1.165, 1.54) is 11.1 Å². The first-order valence-electron chi connectivity index (χ1n) is 8.08. The molecule has 1 aliphatic heterocycles. The molecule has 0 aliphatic carbocycles. The summed E-state index contributed by atoms with van der Waals surface area (Å²) in [5.74, 6) is 0.401. The zero-order valence-corrected chi connectivity index (χ0v) is 13.2. The Morgan fingerprint density at radius 2 is 1.55 bits per heavy atom. The molecule has 0 bridgehead atoms. The molecule has 3 rings (SSSR count). The van der Waals surface area contributed by atoms with Crippen LogP contribution in [-0.2, 0) is 6.54 Å². The molecule has 22 heavy (non-hydrogen) atoms. The van der Waals surface area contributed by atoms with Gasteiger partial charge in [-0.25, -0.2) is 0 Å². The van der Waals surface area contributed by atoms with Gasteiger partial charge in [-0.3, -0.25) is 4.90 Å². The first kappa shape index (κ1) is 15.1. The van der Waals surface area contributed by atoms with E-state index in [4.69, 9.17) is 0 Å². The van der Waals surface area contributed by atoms with Crippen molar-refractivity contribution in [1.82, 2.24) is 9.80 Å². The normalized spacial score (nSPS) is 16.8. The predicted octanol–water partition coefficient (Wildman–Crippen LogP) is 3.20. The van der Waals surface area contributed by atoms with Gasteiger partial charge in [0.05, 0.1) is 0 Å². The number of hydrogen-bond acceptors (Lipinski definition) is 3. The van der Waals surface area contributed by atoms with Gasteiger partial charge in [-0.05, 0) is 29.8 Å². The average molecular weight is 296 g/mol. The number of likely N-dealkylation sites (N-methyl/N-ethyl adjacent to an activating group) is 1. The number of aromatic hydroxyl groups is 1. The van der Waals surface area contributed by atoms with Gasteiger partial charge in [-0.15, -0.1) is 0 Å². The molecule has 1 N–H and O–H groups in total. The quantitative estimate of drug-likeness (QED) is 0.938. The highest BCUT2D eigenvalue weighted by molar-refractivity contribution is 5.65. The van der Waals surface area contributed by atoms with Crippen LogP contribution in [0.4, 0.5) is 0 Å². The number of phenols is 1. The Morgan fingerprint density at radius 1 is 0.864 bits per heavy atom. The van der Waals surface area contributed by atoms with E-state index in [1.807, 2.05) is 30.3 Å². The smallest absolute Gasteiger partial charge is 0.120 e. The second-order valence-corrected chi connectivity index (χ2v) is 5.92. The summed E-state index contributed by atoms with van der Waals surface area (Å²) in [6.45, 7) is 8.55. The molecule has 0 spiro atoms. The van der Waals surface area contributed by atoms with Gasteiger partial charge in [-0.1, -0.05) is 43.3 Å². The molecule has 0 radical (unpaired) electrons. The molecule has 1 saturated heterocycles. The van der Waals surface area contributed by atoms with Gasteiger partial charge >= 0.3 is 0 Å². The second kappa shape index (κ2) is 6.95. The molecular formula is C19H24N2O. The number of hydrogen-bond donors (Lipinski definition) is 1. The molecule has 2 aromatic carbocycles. The van der Waals surface area contributed by atoms with E-state index in [-0.39, 0.29) is 0 Å². The molecule has 0 atom stereocenters. The maximum Gasteiger partial charge on any atom is 0.120 e. The van der Waals surface area contributed by atoms with Crippen molar-refractivity contribution in [2.45, 2.75) is 13.5 Å². The SMILES string of the molecule is CCN1CCN(Cc2cc(-c3ccccc3)ccc2O)CC1. The van der Waals surface area contributed by atoms with Crippen molar-refractivity contribution >= 4 is 0 Å². The van der Waals surface area contributed by atoms with Crippen LogP contribution in [0, 0.1) is 0 Å². The molecule has 3 heteroatoms. The summed E-state index contributed by atoms with van der Waals surface area (Å²) >= 11 is 0. The van der Waals surface area contributed by atoms with Gasteiger partial charge in [0.15, 0.2) is 0 Å². The fraction of sp³-hybridized carbons (Fsp3) is 0.368. The maximum absolute atomic E-state index is 10.2. The van der Waals surface area contributed by atoms with Crippen LogP contribution in [-0.4, -0.2) is 47.6 Å². The molecule has 1 aliphatic rings. The summed E-state index contributed by atoms with van der Waals surface area (Å²) < 4.78 is 0. The van der Waals surface area contributed by atoms with Crippen molar-refractivity contribution in [3.8, 4) is 16.9 Å². The predicted molar refractivity (Wildman–Crippen MR) is 90.9 cm³/mol. The number of benzene rings is 2. The van der Waals surface area contributed by atoms with Crippen LogP contribution in [0.1, 0.15) is 12.5 Å². The van der Waals surface area contributed by atoms with Gasteiger partial charge in [0.25, 0.3) is 0 Å². The number of piperazine rings is 1. The molecular weight excluding hydrogens is 272 g/mol. The number of nitrogens with zero attached hydrogens (tertiary/aromatic N) is 2. The lowest BCUT2D eigenvalue weighted by molar-refractivity contribution is 0.131. The highest BCUT2D eigenvalue weighted by Gasteiger charge is 2.17. The van der Waals surface area contributed by atoms with Crippen LogP contribution in [0.2, 0.25) is 0 Å². The van der Waals surface area contributed by atoms with E-state index < -0.39 is 0 Å². The van der Waals surface area contributed by atoms with Gasteiger partial charge in [0, 0.05) is 38.3 Å². The number of phenolic OH excluding ortho intramolecular Hbond substituents is 1. The third-order valence-corrected chi connectivity index (χ3v) is 4.49. The molecule has 3 nitrogen and oxygen atoms in total. The van der Waals surface area contributed by atoms with Crippen molar-refractivity contribution in [2.75, 3.05) is 32.7 Å². The Bertz CT molecular complexity index is 604. The van der Waals surface area contributed by atoms with E-state index in [9.17, 15) is 5.11 Å². The van der Waals surface area contributed by atoms with Crippen molar-refractivity contribution in [1.29, 1.82) is 0 Å². The fourth-order valence-electron chi connectivity index (χ4n) is 3.03. The van der Waals surface area contributed by atoms with Crippen molar-refractivity contribution in [3.05, 3.63) is 54.1 Å². The van der Waals surface area contributed by atoms with Crippen LogP contribution >= 0.6 is 0 Å². The molecule has 1 fully saturated rings. The van der Waals surface area contributed by atoms with Crippen LogP contribution < -0.4 is 0 Å². The summed E-state index contributed by atoms with van der Waals surface area (Å²) in [6, 6.07) is 16.3. The lowest BCUT2D eigenvalue weighted by atomic mass is 10.0. The Hall–Kier alpha value is -1.84. The Morgan fingerprint density at radius 3 is 2.23 bits per heavy atom. The molecule has 0 unspecified atom stereocenters. The molecule has 1 heterocycles. The maximum atomic E-state index is 10.2. The summed E-state index contributed by atoms with van der Waals surface area (Å²) in [5, 5.41) is 10.2. The molecule has 2 aromatic rings. The largest absolute Gasteiger partial charge is 0.508 e. The summed E-state index contributed by atoms with van der Waals surface area (Å²) in [7, 11) is 0. The van der Waals surface area contributed by atoms with Crippen LogP contribution in [0.3, 0.4) is 0 Å². The van der Waals surface area contributed by atoms with Crippen LogP contribution in [0.25, 0.3) is 11.1 Å². The third kappa shape index (κ3) is 3.49. The monoisotopic (exact) mass is 296 g/mol. The van der Waals surface area contributed by atoms with Gasteiger partial charge in [-0.2, -0.15) is 0 Å². The molecule has 0 aromatic heterocycles. The van der Waals surface area contributed by atoms with Gasteiger partial charge < -0.3 is 10.0 Å². The topological polar surface area (TPSA) is 26.7 Å². The Balaban J connectivity index is 1.74. The average Bonchev–Trinajstić information content (AvgIpc) is 2.58. The van der Waals surface area contributed by atoms with Crippen LogP contribution in [0.15, 0.2) is 48.5 Å². The van der Waals surface area contributed by atoms with E-state index in [0.717, 1.165) is 44.8 Å². The van der Waals surface area contributed by atoms with E-state index >= 15 is 0 Å². The fourth-order valence-corrected chi connectivity index (χ4v) is 3.03. The van der Waals surface area contributed by atoms with Crippen molar-refractivity contribution < 1.29 is 5.11 Å². The first-order chi connectivity index (χ1) is 10.8. The summed E-state index contributed by atoms with van der Waals surface area (Å²) in [6.07, 6.45) is 0. The van der Waals surface area contributed by atoms with Gasteiger partial charge in [0.1, 0.15) is 5.75 Å². The highest BCUT2D eigenvalue weighted by atomic mass is 16.3. The van der Waals surface area contributed by atoms with E-state index in [1.54, 1.807) is 0 Å². The Labute approximate surface area is 132 Å². The zero-order chi connectivity index (χ0) is 15.4. The van der Waals surface area contributed by atoms with Crippen LogP contribution in [0.5, 0.6) is 5.75 Å². The minimum Gasteiger partial charge on any atom is -0.508 e. The highest BCUT2D eigenvalue weighted by Crippen LogP contribution is 2.27. The number of rotatable bonds is 4. The zero-order valence-electron chi connectivity index (χ0n) is 13.2. The third-order valence-electron chi connectivity index (χ3n) is 4.49. The van der Waals surface area contributed by atoms with Crippen molar-refractivity contribution in [3.63, 3.8) is 0 Å². The van der Waals surface area contributed by atoms with E-state index in [0.29, 0.717) is 5.75 Å². The van der Waals surface area contributed by atoms with Crippen molar-refractivity contribution in [2.24, 2.45) is 0 Å². The van der Waals surface area contributed by atoms with Gasteiger partial charge in [0.2, 0.25) is 0 Å². The molecule has 0 saturated carbocycles. The Kier molecular flexibility index (Phi) is 4.76. The second-order valence-electron chi connectivity index (χ2n) is 5.92. The summed E-state index contributed by atoms with van der Waals surface area (Å²) in [5.41, 5.74) is 3.38. The minimum atomic E-state index is 0.401. The first-order valence-corrected chi connectivity index (χ1v) is 8.08. The summed E-state index contributed by atoms with van der Waals surface area (Å²) in [4.78, 5) is 4.90. The minimum absolute atomic E-state index is 0.401.